The second-order valence-corrected chi connectivity index (χ2v) is 4.32. The Bertz CT molecular complexity index is 478. The summed E-state index contributed by atoms with van der Waals surface area (Å²) < 4.78 is 0. The largest absolute Gasteiger partial charge is 0.326 e. The summed E-state index contributed by atoms with van der Waals surface area (Å²) in [4.78, 5) is 0. The summed E-state index contributed by atoms with van der Waals surface area (Å²) in [5.41, 5.74) is 15.9. The van der Waals surface area contributed by atoms with Crippen LogP contribution in [0.5, 0.6) is 0 Å². The van der Waals surface area contributed by atoms with E-state index in [1.807, 2.05) is 24.3 Å². The zero-order chi connectivity index (χ0) is 13.4. The van der Waals surface area contributed by atoms with Crippen LogP contribution in [0.4, 0.5) is 0 Å². The molecule has 0 aliphatic carbocycles. The average molecular weight is 242 g/mol. The highest BCUT2D eigenvalue weighted by Gasteiger charge is 1.89. The van der Waals surface area contributed by atoms with E-state index in [0.29, 0.717) is 13.1 Å². The molecule has 4 N–H and O–H groups in total. The minimum atomic E-state index is 0.641. The maximum absolute atomic E-state index is 5.45. The van der Waals surface area contributed by atoms with E-state index in [2.05, 4.69) is 38.1 Å². The van der Waals surface area contributed by atoms with Gasteiger partial charge in [0.2, 0.25) is 0 Å². The molecule has 0 saturated heterocycles. The van der Waals surface area contributed by atoms with Crippen molar-refractivity contribution in [3.05, 3.63) is 70.8 Å². The van der Waals surface area contributed by atoms with Crippen LogP contribution in [0.15, 0.2) is 48.5 Å². The fourth-order valence-electron chi connectivity index (χ4n) is 1.68. The van der Waals surface area contributed by atoms with Crippen molar-refractivity contribution in [2.45, 2.75) is 26.9 Å². The third kappa shape index (κ3) is 4.70. The van der Waals surface area contributed by atoms with Gasteiger partial charge >= 0.3 is 0 Å². The van der Waals surface area contributed by atoms with Crippen molar-refractivity contribution in [1.82, 2.24) is 0 Å². The number of benzene rings is 2. The first kappa shape index (κ1) is 14.4. The molecule has 0 heterocycles. The van der Waals surface area contributed by atoms with E-state index in [1.54, 1.807) is 0 Å². The van der Waals surface area contributed by atoms with E-state index in [1.165, 1.54) is 22.3 Å². The van der Waals surface area contributed by atoms with Gasteiger partial charge in [-0.05, 0) is 30.5 Å². The van der Waals surface area contributed by atoms with Gasteiger partial charge in [0.15, 0.2) is 0 Å². The van der Waals surface area contributed by atoms with Gasteiger partial charge in [0, 0.05) is 13.1 Å². The number of rotatable bonds is 2. The van der Waals surface area contributed by atoms with E-state index in [-0.39, 0.29) is 0 Å². The quantitative estimate of drug-likeness (QED) is 0.850. The Morgan fingerprint density at radius 1 is 0.833 bits per heavy atom. The molecule has 0 amide bonds. The highest BCUT2D eigenvalue weighted by Crippen LogP contribution is 2.04. The lowest BCUT2D eigenvalue weighted by Gasteiger charge is -1.98. The molecule has 0 fully saturated rings. The normalized spacial score (nSPS) is 9.56. The van der Waals surface area contributed by atoms with Crippen molar-refractivity contribution in [2.75, 3.05) is 0 Å². The van der Waals surface area contributed by atoms with Gasteiger partial charge in [-0.1, -0.05) is 54.1 Å². The van der Waals surface area contributed by atoms with Crippen LogP contribution in [0.2, 0.25) is 0 Å². The summed E-state index contributed by atoms with van der Waals surface area (Å²) in [5, 5.41) is 0. The molecule has 0 aromatic heterocycles. The van der Waals surface area contributed by atoms with Gasteiger partial charge in [0.05, 0.1) is 0 Å². The van der Waals surface area contributed by atoms with Crippen molar-refractivity contribution in [3.8, 4) is 0 Å². The zero-order valence-electron chi connectivity index (χ0n) is 11.2. The van der Waals surface area contributed by atoms with Crippen LogP contribution >= 0.6 is 0 Å². The lowest BCUT2D eigenvalue weighted by molar-refractivity contribution is 1.05. The highest BCUT2D eigenvalue weighted by atomic mass is 14.5. The summed E-state index contributed by atoms with van der Waals surface area (Å²) in [7, 11) is 0. The third-order valence-electron chi connectivity index (χ3n) is 2.80. The van der Waals surface area contributed by atoms with Gasteiger partial charge in [-0.25, -0.2) is 0 Å². The molecular weight excluding hydrogens is 220 g/mol. The Morgan fingerprint density at radius 2 is 1.56 bits per heavy atom. The van der Waals surface area contributed by atoms with E-state index in [0.717, 1.165) is 0 Å². The van der Waals surface area contributed by atoms with Gasteiger partial charge in [-0.3, -0.25) is 0 Å². The Balaban J connectivity index is 0.000000180. The molecule has 2 heteroatoms. The predicted molar refractivity (Wildman–Crippen MR) is 78.1 cm³/mol. The van der Waals surface area contributed by atoms with E-state index >= 15 is 0 Å². The summed E-state index contributed by atoms with van der Waals surface area (Å²) in [6, 6.07) is 16.4. The lowest BCUT2D eigenvalue weighted by Crippen LogP contribution is -1.97. The molecular formula is C16H22N2. The van der Waals surface area contributed by atoms with Crippen molar-refractivity contribution in [2.24, 2.45) is 11.5 Å². The summed E-state index contributed by atoms with van der Waals surface area (Å²) >= 11 is 0. The van der Waals surface area contributed by atoms with E-state index in [4.69, 9.17) is 11.5 Å². The topological polar surface area (TPSA) is 52.0 Å². The number of hydrogen-bond acceptors (Lipinski definition) is 2. The first-order valence-corrected chi connectivity index (χ1v) is 6.17. The van der Waals surface area contributed by atoms with Crippen LogP contribution in [0.1, 0.15) is 22.3 Å². The fraction of sp³-hybridized carbons (Fsp3) is 0.250. The molecule has 0 unspecified atom stereocenters. The Hall–Kier alpha value is -1.64. The maximum atomic E-state index is 5.45. The SMILES string of the molecule is Cc1cccc(CN)c1.Cc1ccccc1CN. The number of hydrogen-bond donors (Lipinski definition) is 2. The fourth-order valence-corrected chi connectivity index (χ4v) is 1.68. The van der Waals surface area contributed by atoms with Crippen LogP contribution in [0, 0.1) is 13.8 Å². The van der Waals surface area contributed by atoms with Crippen molar-refractivity contribution in [3.63, 3.8) is 0 Å². The summed E-state index contributed by atoms with van der Waals surface area (Å²) in [5.74, 6) is 0. The minimum absolute atomic E-state index is 0.641. The van der Waals surface area contributed by atoms with E-state index in [9.17, 15) is 0 Å². The lowest BCUT2D eigenvalue weighted by atomic mass is 10.1. The standard InChI is InChI=1S/2C8H11N/c1-7-3-2-4-8(5-7)6-9;1-7-4-2-3-5-8(7)6-9/h2*2-5H,6,9H2,1H3. The van der Waals surface area contributed by atoms with Crippen LogP contribution in [0.25, 0.3) is 0 Å². The molecule has 0 bridgehead atoms. The van der Waals surface area contributed by atoms with Gasteiger partial charge < -0.3 is 11.5 Å². The van der Waals surface area contributed by atoms with Crippen molar-refractivity contribution >= 4 is 0 Å². The van der Waals surface area contributed by atoms with Gasteiger partial charge in [-0.15, -0.1) is 0 Å². The number of aryl methyl sites for hydroxylation is 2. The molecule has 2 rings (SSSR count). The molecule has 0 spiro atoms. The highest BCUT2D eigenvalue weighted by molar-refractivity contribution is 5.24. The first-order chi connectivity index (χ1) is 8.67. The van der Waals surface area contributed by atoms with Crippen LogP contribution in [0.3, 0.4) is 0 Å². The Labute approximate surface area is 110 Å². The third-order valence-corrected chi connectivity index (χ3v) is 2.80. The molecule has 0 aliphatic rings. The molecule has 0 atom stereocenters. The Morgan fingerprint density at radius 3 is 2.00 bits per heavy atom. The molecule has 96 valence electrons. The van der Waals surface area contributed by atoms with Crippen LogP contribution in [-0.2, 0) is 13.1 Å². The van der Waals surface area contributed by atoms with Gasteiger partial charge in [0.1, 0.15) is 0 Å². The molecule has 2 aromatic rings. The molecule has 2 aromatic carbocycles. The second kappa shape index (κ2) is 7.64. The van der Waals surface area contributed by atoms with Crippen LogP contribution in [-0.4, -0.2) is 0 Å². The van der Waals surface area contributed by atoms with Gasteiger partial charge in [-0.2, -0.15) is 0 Å². The number of nitrogens with two attached hydrogens (primary N) is 2. The van der Waals surface area contributed by atoms with E-state index < -0.39 is 0 Å². The summed E-state index contributed by atoms with van der Waals surface area (Å²) in [6.45, 7) is 5.43. The first-order valence-electron chi connectivity index (χ1n) is 6.17. The van der Waals surface area contributed by atoms with Gasteiger partial charge in [0.25, 0.3) is 0 Å². The van der Waals surface area contributed by atoms with Crippen molar-refractivity contribution in [1.29, 1.82) is 0 Å². The molecule has 0 aliphatic heterocycles. The predicted octanol–water partition coefficient (Wildman–Crippen LogP) is 2.91. The Kier molecular flexibility index (Phi) is 6.12. The van der Waals surface area contributed by atoms with Crippen molar-refractivity contribution < 1.29 is 0 Å². The smallest absolute Gasteiger partial charge is 0.0180 e. The zero-order valence-corrected chi connectivity index (χ0v) is 11.2. The average Bonchev–Trinajstić information content (AvgIpc) is 2.40. The molecule has 18 heavy (non-hydrogen) atoms. The summed E-state index contributed by atoms with van der Waals surface area (Å²) in [6.07, 6.45) is 0. The molecule has 2 nitrogen and oxygen atoms in total. The molecule has 0 saturated carbocycles. The second-order valence-electron chi connectivity index (χ2n) is 4.32. The van der Waals surface area contributed by atoms with Crippen LogP contribution < -0.4 is 11.5 Å². The molecule has 0 radical (unpaired) electrons. The monoisotopic (exact) mass is 242 g/mol. The minimum Gasteiger partial charge on any atom is -0.326 e. The maximum Gasteiger partial charge on any atom is 0.0180 e.